The predicted octanol–water partition coefficient (Wildman–Crippen LogP) is 14.2. The maximum absolute atomic E-state index is 2.50. The van der Waals surface area contributed by atoms with Gasteiger partial charge in [-0.05, 0) is 103 Å². The fourth-order valence-electron chi connectivity index (χ4n) is 9.25. The summed E-state index contributed by atoms with van der Waals surface area (Å²) in [5, 5.41) is 15.3. The lowest BCUT2D eigenvalue weighted by Crippen LogP contribution is -1.95. The number of hydrogen-bond acceptors (Lipinski definition) is 0. The molecule has 0 radical (unpaired) electrons. The lowest BCUT2D eigenvalue weighted by molar-refractivity contribution is 1.18. The molecule has 2 aromatic heterocycles. The van der Waals surface area contributed by atoms with E-state index in [4.69, 9.17) is 0 Å². The number of aromatic nitrogens is 2. The molecule has 0 saturated heterocycles. The molecule has 2 nitrogen and oxygen atoms in total. The van der Waals surface area contributed by atoms with Crippen LogP contribution in [-0.4, -0.2) is 9.13 Å². The third kappa shape index (κ3) is 4.11. The molecule has 0 unspecified atom stereocenters. The Kier molecular flexibility index (Phi) is 6.09. The van der Waals surface area contributed by atoms with E-state index < -0.39 is 0 Å². The first kappa shape index (κ1) is 29.4. The highest BCUT2D eigenvalue weighted by Crippen LogP contribution is 2.43. The van der Waals surface area contributed by atoms with Crippen molar-refractivity contribution >= 4 is 86.7 Å². The van der Waals surface area contributed by atoms with Gasteiger partial charge in [-0.25, -0.2) is 0 Å². The number of benzene rings is 10. The largest absolute Gasteiger partial charge is 0.309 e. The maximum atomic E-state index is 2.50. The van der Waals surface area contributed by atoms with Crippen molar-refractivity contribution in [1.82, 2.24) is 9.13 Å². The van der Waals surface area contributed by atoms with Crippen LogP contribution in [0, 0.1) is 0 Å². The van der Waals surface area contributed by atoms with Crippen LogP contribution in [0.25, 0.3) is 109 Å². The molecular weight excluding hydrogens is 653 g/mol. The molecule has 0 saturated carbocycles. The smallest absolute Gasteiger partial charge is 0.0619 e. The van der Waals surface area contributed by atoms with Crippen LogP contribution in [0.15, 0.2) is 194 Å². The van der Waals surface area contributed by atoms with Crippen LogP contribution < -0.4 is 0 Å². The molecule has 2 heteroatoms. The molecule has 0 aliphatic carbocycles. The molecule has 0 bridgehead atoms. The molecule has 250 valence electrons. The van der Waals surface area contributed by atoms with E-state index in [1.807, 2.05) is 0 Å². The summed E-state index contributed by atoms with van der Waals surface area (Å²) in [6.45, 7) is 0. The summed E-state index contributed by atoms with van der Waals surface area (Å²) >= 11 is 0. The standard InChI is InChI=1S/C52H32N2/c1-2-13-36(14-3-1)53-49-21-11-10-20-43(49)47-30-35(25-29-50(47)53)33-22-26-37(27-23-33)54-51-32-46-42-19-9-7-17-40(42)39-16-6-8-18-41(39)45(46)31-48(51)44-28-24-34-12-4-5-15-38(34)52(44)54/h1-32H. The summed E-state index contributed by atoms with van der Waals surface area (Å²) in [5.74, 6) is 0. The summed E-state index contributed by atoms with van der Waals surface area (Å²) in [7, 11) is 0. The van der Waals surface area contributed by atoms with Gasteiger partial charge in [0.15, 0.2) is 0 Å². The molecule has 0 atom stereocenters. The second kappa shape index (κ2) is 11.2. The molecular formula is C52H32N2. The molecule has 54 heavy (non-hydrogen) atoms. The van der Waals surface area contributed by atoms with Crippen molar-refractivity contribution in [2.45, 2.75) is 0 Å². The quantitative estimate of drug-likeness (QED) is 0.164. The zero-order valence-corrected chi connectivity index (χ0v) is 29.4. The molecule has 10 aromatic carbocycles. The zero-order valence-electron chi connectivity index (χ0n) is 29.4. The van der Waals surface area contributed by atoms with E-state index in [2.05, 4.69) is 203 Å². The van der Waals surface area contributed by atoms with E-state index in [0.29, 0.717) is 0 Å². The van der Waals surface area contributed by atoms with Gasteiger partial charge in [0, 0.05) is 38.3 Å². The first-order valence-corrected chi connectivity index (χ1v) is 18.7. The van der Waals surface area contributed by atoms with Gasteiger partial charge in [0.05, 0.1) is 22.1 Å². The average Bonchev–Trinajstić information content (AvgIpc) is 3.76. The first-order valence-electron chi connectivity index (χ1n) is 18.7. The Hall–Kier alpha value is -7.16. The number of hydrogen-bond donors (Lipinski definition) is 0. The Bertz CT molecular complexity index is 3470. The lowest BCUT2D eigenvalue weighted by atomic mass is 9.93. The highest BCUT2D eigenvalue weighted by molar-refractivity contribution is 6.30. The summed E-state index contributed by atoms with van der Waals surface area (Å²) in [6, 6.07) is 71.5. The van der Waals surface area contributed by atoms with Crippen LogP contribution in [0.4, 0.5) is 0 Å². The van der Waals surface area contributed by atoms with Crippen LogP contribution in [-0.2, 0) is 0 Å². The van der Waals surface area contributed by atoms with Gasteiger partial charge in [-0.3, -0.25) is 0 Å². The normalized spacial score (nSPS) is 12.1. The van der Waals surface area contributed by atoms with Crippen molar-refractivity contribution in [3.8, 4) is 22.5 Å². The fourth-order valence-corrected chi connectivity index (χ4v) is 9.25. The van der Waals surface area contributed by atoms with Crippen LogP contribution in [0.5, 0.6) is 0 Å². The van der Waals surface area contributed by atoms with Crippen LogP contribution >= 0.6 is 0 Å². The van der Waals surface area contributed by atoms with Gasteiger partial charge in [0.25, 0.3) is 0 Å². The zero-order chi connectivity index (χ0) is 35.3. The maximum Gasteiger partial charge on any atom is 0.0619 e. The van der Waals surface area contributed by atoms with E-state index in [1.165, 1.54) is 104 Å². The second-order valence-corrected chi connectivity index (χ2v) is 14.5. The summed E-state index contributed by atoms with van der Waals surface area (Å²) < 4.78 is 4.87. The SMILES string of the molecule is c1ccc(-n2c3ccccc3c3cc(-c4ccc(-n5c6cc7c8ccccc8c8ccccc8c7cc6c6ccc7ccccc7c65)cc4)ccc32)cc1. The Morgan fingerprint density at radius 2 is 0.778 bits per heavy atom. The van der Waals surface area contributed by atoms with Gasteiger partial charge in [0.2, 0.25) is 0 Å². The lowest BCUT2D eigenvalue weighted by Gasteiger charge is -2.13. The van der Waals surface area contributed by atoms with E-state index in [9.17, 15) is 0 Å². The van der Waals surface area contributed by atoms with Crippen molar-refractivity contribution in [3.05, 3.63) is 194 Å². The highest BCUT2D eigenvalue weighted by Gasteiger charge is 2.19. The minimum atomic E-state index is 1.15. The molecule has 0 aliphatic rings. The van der Waals surface area contributed by atoms with Gasteiger partial charge in [-0.2, -0.15) is 0 Å². The van der Waals surface area contributed by atoms with Crippen molar-refractivity contribution in [2.75, 3.05) is 0 Å². The number of fused-ring (bicyclic) bond motifs is 14. The van der Waals surface area contributed by atoms with E-state index in [1.54, 1.807) is 0 Å². The van der Waals surface area contributed by atoms with Crippen LogP contribution in [0.3, 0.4) is 0 Å². The van der Waals surface area contributed by atoms with Crippen LogP contribution in [0.2, 0.25) is 0 Å². The minimum absolute atomic E-state index is 1.15. The molecule has 2 heterocycles. The van der Waals surface area contributed by atoms with Crippen molar-refractivity contribution in [1.29, 1.82) is 0 Å². The summed E-state index contributed by atoms with van der Waals surface area (Å²) in [4.78, 5) is 0. The van der Waals surface area contributed by atoms with Crippen molar-refractivity contribution in [3.63, 3.8) is 0 Å². The molecule has 0 fully saturated rings. The molecule has 0 N–H and O–H groups in total. The topological polar surface area (TPSA) is 9.86 Å². The third-order valence-electron chi connectivity index (χ3n) is 11.7. The molecule has 12 rings (SSSR count). The van der Waals surface area contributed by atoms with Crippen molar-refractivity contribution < 1.29 is 0 Å². The molecule has 12 aromatic rings. The van der Waals surface area contributed by atoms with E-state index >= 15 is 0 Å². The molecule has 0 spiro atoms. The Morgan fingerprint density at radius 1 is 0.241 bits per heavy atom. The number of para-hydroxylation sites is 2. The Morgan fingerprint density at radius 3 is 1.52 bits per heavy atom. The predicted molar refractivity (Wildman–Crippen MR) is 231 cm³/mol. The highest BCUT2D eigenvalue weighted by atomic mass is 15.0. The average molecular weight is 685 g/mol. The third-order valence-corrected chi connectivity index (χ3v) is 11.7. The Labute approximate surface area is 311 Å². The van der Waals surface area contributed by atoms with Gasteiger partial charge < -0.3 is 9.13 Å². The van der Waals surface area contributed by atoms with Crippen molar-refractivity contribution in [2.24, 2.45) is 0 Å². The molecule has 0 aliphatic heterocycles. The summed E-state index contributed by atoms with van der Waals surface area (Å²) in [6.07, 6.45) is 0. The van der Waals surface area contributed by atoms with E-state index in [-0.39, 0.29) is 0 Å². The van der Waals surface area contributed by atoms with E-state index in [0.717, 1.165) is 5.69 Å². The fraction of sp³-hybridized carbons (Fsp3) is 0. The minimum Gasteiger partial charge on any atom is -0.309 e. The summed E-state index contributed by atoms with van der Waals surface area (Å²) in [5.41, 5.74) is 9.64. The number of nitrogens with zero attached hydrogens (tertiary/aromatic N) is 2. The molecule has 0 amide bonds. The van der Waals surface area contributed by atoms with Crippen LogP contribution in [0.1, 0.15) is 0 Å². The van der Waals surface area contributed by atoms with Gasteiger partial charge >= 0.3 is 0 Å². The second-order valence-electron chi connectivity index (χ2n) is 14.5. The monoisotopic (exact) mass is 684 g/mol. The van der Waals surface area contributed by atoms with Gasteiger partial charge in [-0.15, -0.1) is 0 Å². The Balaban J connectivity index is 1.09. The van der Waals surface area contributed by atoms with Gasteiger partial charge in [-0.1, -0.05) is 140 Å². The van der Waals surface area contributed by atoms with Gasteiger partial charge in [0.1, 0.15) is 0 Å². The first-order chi connectivity index (χ1) is 26.8. The number of rotatable bonds is 3.